The molecule has 1 unspecified atom stereocenters. The fourth-order valence-electron chi connectivity index (χ4n) is 1.71. The van der Waals surface area contributed by atoms with Crippen LogP contribution >= 0.6 is 0 Å². The summed E-state index contributed by atoms with van der Waals surface area (Å²) in [5.74, 6) is 1.95. The van der Waals surface area contributed by atoms with Crippen molar-refractivity contribution < 1.29 is 14.6 Å². The highest BCUT2D eigenvalue weighted by molar-refractivity contribution is 5.40. The standard InChI is InChI=1S/C14H22O3/c1-10(2)13(15)7-5-11-9-12(16-3)6-8-14(11)17-4/h6,8-10,13,15H,5,7H2,1-4H3. The number of rotatable bonds is 6. The van der Waals surface area contributed by atoms with Gasteiger partial charge in [0.05, 0.1) is 20.3 Å². The number of hydrogen-bond donors (Lipinski definition) is 1. The highest BCUT2D eigenvalue weighted by Gasteiger charge is 2.11. The van der Waals surface area contributed by atoms with Crippen LogP contribution in [0, 0.1) is 5.92 Å². The molecule has 0 radical (unpaired) electrons. The largest absolute Gasteiger partial charge is 0.497 e. The van der Waals surface area contributed by atoms with Gasteiger partial charge in [-0.05, 0) is 42.5 Å². The van der Waals surface area contributed by atoms with E-state index in [2.05, 4.69) is 0 Å². The fourth-order valence-corrected chi connectivity index (χ4v) is 1.71. The SMILES string of the molecule is COc1ccc(OC)c(CCC(O)C(C)C)c1. The summed E-state index contributed by atoms with van der Waals surface area (Å²) in [5, 5.41) is 9.81. The van der Waals surface area contributed by atoms with Crippen molar-refractivity contribution in [3.05, 3.63) is 23.8 Å². The monoisotopic (exact) mass is 238 g/mol. The summed E-state index contributed by atoms with van der Waals surface area (Å²) in [6, 6.07) is 5.74. The predicted octanol–water partition coefficient (Wildman–Crippen LogP) is 2.65. The maximum Gasteiger partial charge on any atom is 0.122 e. The van der Waals surface area contributed by atoms with E-state index >= 15 is 0 Å². The van der Waals surface area contributed by atoms with Crippen molar-refractivity contribution in [3.8, 4) is 11.5 Å². The Bertz CT molecular complexity index is 347. The zero-order valence-electron chi connectivity index (χ0n) is 11.1. The number of hydrogen-bond acceptors (Lipinski definition) is 3. The molecule has 1 aromatic carbocycles. The molecule has 0 spiro atoms. The van der Waals surface area contributed by atoms with Gasteiger partial charge in [-0.2, -0.15) is 0 Å². The Morgan fingerprint density at radius 3 is 2.41 bits per heavy atom. The first kappa shape index (κ1) is 13.8. The third kappa shape index (κ3) is 3.93. The molecule has 0 heterocycles. The van der Waals surface area contributed by atoms with E-state index in [9.17, 15) is 5.11 Å². The first-order valence-electron chi connectivity index (χ1n) is 5.97. The van der Waals surface area contributed by atoms with Crippen LogP contribution in [0.3, 0.4) is 0 Å². The summed E-state index contributed by atoms with van der Waals surface area (Å²) in [5.41, 5.74) is 1.08. The molecular weight excluding hydrogens is 216 g/mol. The fraction of sp³-hybridized carbons (Fsp3) is 0.571. The van der Waals surface area contributed by atoms with Crippen LogP contribution in [0.5, 0.6) is 11.5 Å². The Kier molecular flexibility index (Phi) is 5.29. The van der Waals surface area contributed by atoms with E-state index in [0.29, 0.717) is 0 Å². The summed E-state index contributed by atoms with van der Waals surface area (Å²) < 4.78 is 10.5. The van der Waals surface area contributed by atoms with Crippen LogP contribution in [0.25, 0.3) is 0 Å². The Balaban J connectivity index is 2.74. The number of aliphatic hydroxyl groups is 1. The van der Waals surface area contributed by atoms with Crippen LogP contribution < -0.4 is 9.47 Å². The lowest BCUT2D eigenvalue weighted by molar-refractivity contribution is 0.116. The van der Waals surface area contributed by atoms with E-state index in [-0.39, 0.29) is 12.0 Å². The van der Waals surface area contributed by atoms with Crippen LogP contribution in [0.2, 0.25) is 0 Å². The molecule has 1 rings (SSSR count). The molecule has 3 nitrogen and oxygen atoms in total. The second kappa shape index (κ2) is 6.50. The first-order chi connectivity index (χ1) is 8.08. The van der Waals surface area contributed by atoms with Crippen LogP contribution in [-0.2, 0) is 6.42 Å². The summed E-state index contributed by atoms with van der Waals surface area (Å²) >= 11 is 0. The van der Waals surface area contributed by atoms with Gasteiger partial charge in [0, 0.05) is 0 Å². The Morgan fingerprint density at radius 1 is 1.18 bits per heavy atom. The van der Waals surface area contributed by atoms with E-state index in [4.69, 9.17) is 9.47 Å². The first-order valence-corrected chi connectivity index (χ1v) is 5.97. The molecule has 0 aliphatic rings. The summed E-state index contributed by atoms with van der Waals surface area (Å²) in [7, 11) is 3.30. The zero-order valence-corrected chi connectivity index (χ0v) is 11.1. The molecule has 1 aromatic rings. The van der Waals surface area contributed by atoms with Crippen LogP contribution in [-0.4, -0.2) is 25.4 Å². The minimum Gasteiger partial charge on any atom is -0.497 e. The normalized spacial score (nSPS) is 12.6. The van der Waals surface area contributed by atoms with Crippen molar-refractivity contribution in [1.29, 1.82) is 0 Å². The van der Waals surface area contributed by atoms with Crippen molar-refractivity contribution in [2.24, 2.45) is 5.92 Å². The van der Waals surface area contributed by atoms with Crippen LogP contribution in [0.1, 0.15) is 25.8 Å². The van der Waals surface area contributed by atoms with E-state index < -0.39 is 0 Å². The second-order valence-electron chi connectivity index (χ2n) is 4.53. The molecular formula is C14H22O3. The maximum atomic E-state index is 9.81. The average Bonchev–Trinajstić information content (AvgIpc) is 2.35. The molecule has 1 N–H and O–H groups in total. The predicted molar refractivity (Wildman–Crippen MR) is 68.7 cm³/mol. The van der Waals surface area contributed by atoms with Crippen molar-refractivity contribution in [2.45, 2.75) is 32.8 Å². The minimum atomic E-state index is -0.272. The Labute approximate surface area is 103 Å². The van der Waals surface area contributed by atoms with Crippen molar-refractivity contribution in [3.63, 3.8) is 0 Å². The third-order valence-corrected chi connectivity index (χ3v) is 2.97. The third-order valence-electron chi connectivity index (χ3n) is 2.97. The molecule has 0 aliphatic carbocycles. The van der Waals surface area contributed by atoms with Crippen LogP contribution in [0.15, 0.2) is 18.2 Å². The lowest BCUT2D eigenvalue weighted by Crippen LogP contribution is -2.15. The molecule has 0 saturated heterocycles. The highest BCUT2D eigenvalue weighted by Crippen LogP contribution is 2.26. The number of aryl methyl sites for hydroxylation is 1. The molecule has 0 fully saturated rings. The van der Waals surface area contributed by atoms with Crippen LogP contribution in [0.4, 0.5) is 0 Å². The summed E-state index contributed by atoms with van der Waals surface area (Å²) in [6.07, 6.45) is 1.26. The van der Waals surface area contributed by atoms with E-state index in [1.165, 1.54) is 0 Å². The second-order valence-corrected chi connectivity index (χ2v) is 4.53. The van der Waals surface area contributed by atoms with Gasteiger partial charge >= 0.3 is 0 Å². The van der Waals surface area contributed by atoms with Crippen molar-refractivity contribution >= 4 is 0 Å². The smallest absolute Gasteiger partial charge is 0.122 e. The Hall–Kier alpha value is -1.22. The molecule has 0 amide bonds. The summed E-state index contributed by atoms with van der Waals surface area (Å²) in [4.78, 5) is 0. The highest BCUT2D eigenvalue weighted by atomic mass is 16.5. The van der Waals surface area contributed by atoms with Crippen molar-refractivity contribution in [2.75, 3.05) is 14.2 Å². The van der Waals surface area contributed by atoms with Gasteiger partial charge in [-0.1, -0.05) is 13.8 Å². The Morgan fingerprint density at radius 2 is 1.88 bits per heavy atom. The number of aliphatic hydroxyl groups excluding tert-OH is 1. The number of methoxy groups -OCH3 is 2. The molecule has 17 heavy (non-hydrogen) atoms. The van der Waals surface area contributed by atoms with Gasteiger partial charge < -0.3 is 14.6 Å². The van der Waals surface area contributed by atoms with Gasteiger partial charge in [0.25, 0.3) is 0 Å². The molecule has 0 aliphatic heterocycles. The minimum absolute atomic E-state index is 0.272. The molecule has 96 valence electrons. The zero-order chi connectivity index (χ0) is 12.8. The van der Waals surface area contributed by atoms with E-state index in [0.717, 1.165) is 29.9 Å². The number of benzene rings is 1. The van der Waals surface area contributed by atoms with Gasteiger partial charge in [0.1, 0.15) is 11.5 Å². The van der Waals surface area contributed by atoms with Gasteiger partial charge in [-0.3, -0.25) is 0 Å². The van der Waals surface area contributed by atoms with Gasteiger partial charge in [-0.15, -0.1) is 0 Å². The van der Waals surface area contributed by atoms with E-state index in [1.807, 2.05) is 32.0 Å². The van der Waals surface area contributed by atoms with Gasteiger partial charge in [-0.25, -0.2) is 0 Å². The number of ether oxygens (including phenoxy) is 2. The van der Waals surface area contributed by atoms with Gasteiger partial charge in [0.2, 0.25) is 0 Å². The maximum absolute atomic E-state index is 9.81. The average molecular weight is 238 g/mol. The van der Waals surface area contributed by atoms with E-state index in [1.54, 1.807) is 14.2 Å². The quantitative estimate of drug-likeness (QED) is 0.828. The molecule has 1 atom stereocenters. The molecule has 0 aromatic heterocycles. The molecule has 3 heteroatoms. The lowest BCUT2D eigenvalue weighted by atomic mass is 9.99. The molecule has 0 saturated carbocycles. The van der Waals surface area contributed by atoms with Crippen molar-refractivity contribution in [1.82, 2.24) is 0 Å². The lowest BCUT2D eigenvalue weighted by Gasteiger charge is -2.15. The molecule has 0 bridgehead atoms. The topological polar surface area (TPSA) is 38.7 Å². The van der Waals surface area contributed by atoms with Gasteiger partial charge in [0.15, 0.2) is 0 Å². The summed E-state index contributed by atoms with van der Waals surface area (Å²) in [6.45, 7) is 4.04.